The Kier molecular flexibility index (Phi) is 11.1. The third kappa shape index (κ3) is 9.86. The predicted molar refractivity (Wildman–Crippen MR) is 135 cm³/mol. The number of halogens is 4. The maximum Gasteiger partial charge on any atom is 0.416 e. The Labute approximate surface area is 225 Å². The molecule has 1 saturated heterocycles. The lowest BCUT2D eigenvalue weighted by molar-refractivity contribution is -0.145. The van der Waals surface area contributed by atoms with Crippen LogP contribution >= 0.6 is 11.6 Å². The number of aliphatic carboxylic acids is 1. The molecule has 1 aliphatic heterocycles. The van der Waals surface area contributed by atoms with E-state index in [2.05, 4.69) is 10.6 Å². The van der Waals surface area contributed by atoms with Gasteiger partial charge in [-0.3, -0.25) is 4.79 Å². The smallest absolute Gasteiger partial charge is 0.416 e. The zero-order valence-electron chi connectivity index (χ0n) is 21.9. The monoisotopic (exact) mass is 565 g/mol. The van der Waals surface area contributed by atoms with E-state index >= 15 is 0 Å². The summed E-state index contributed by atoms with van der Waals surface area (Å²) in [5.74, 6) is -2.35. The van der Waals surface area contributed by atoms with Gasteiger partial charge in [0.2, 0.25) is 0 Å². The second kappa shape index (κ2) is 13.4. The normalized spacial score (nSPS) is 19.0. The first kappa shape index (κ1) is 31.5. The highest BCUT2D eigenvalue weighted by Gasteiger charge is 2.37. The molecule has 0 spiro atoms. The van der Waals surface area contributed by atoms with Crippen LogP contribution in [-0.4, -0.2) is 72.0 Å². The number of carboxylic acid groups (broad SMARTS) is 1. The Bertz CT molecular complexity index is 986. The fourth-order valence-electron chi connectivity index (χ4n) is 4.07. The molecule has 0 radical (unpaired) electrons. The van der Waals surface area contributed by atoms with Crippen molar-refractivity contribution in [3.8, 4) is 0 Å². The number of rotatable bonds is 10. The van der Waals surface area contributed by atoms with Crippen molar-refractivity contribution >= 4 is 35.3 Å². The lowest BCUT2D eigenvalue weighted by atomic mass is 9.91. The van der Waals surface area contributed by atoms with Crippen LogP contribution in [0.25, 0.3) is 0 Å². The molecule has 2 unspecified atom stereocenters. The minimum atomic E-state index is -4.61. The molecule has 0 saturated carbocycles. The van der Waals surface area contributed by atoms with Crippen LogP contribution < -0.4 is 10.6 Å². The summed E-state index contributed by atoms with van der Waals surface area (Å²) in [6, 6.07) is 1.42. The predicted octanol–water partition coefficient (Wildman–Crippen LogP) is 4.78. The number of amides is 1. The number of carbonyl (C=O) groups excluding carboxylic acids is 2. The highest BCUT2D eigenvalue weighted by Crippen LogP contribution is 2.33. The summed E-state index contributed by atoms with van der Waals surface area (Å²) in [5, 5.41) is 15.4. The number of hydrogen-bond acceptors (Lipinski definition) is 7. The Balaban J connectivity index is 2.04. The summed E-state index contributed by atoms with van der Waals surface area (Å²) < 4.78 is 50.0. The van der Waals surface area contributed by atoms with E-state index < -0.39 is 53.4 Å². The van der Waals surface area contributed by atoms with Crippen LogP contribution in [0, 0.1) is 5.92 Å². The number of likely N-dealkylation sites (tertiary alicyclic amines) is 1. The zero-order chi connectivity index (χ0) is 28.7. The van der Waals surface area contributed by atoms with Gasteiger partial charge in [-0.15, -0.1) is 0 Å². The molecule has 13 heteroatoms. The SMILES string of the molecule is CCOC(=O)C(CCCN[C@H]1CN(C(=O)OC(C)(C)C)CCC1C(=O)O)Nc1cc(Cl)cc(C(F)(F)F)c1. The van der Waals surface area contributed by atoms with Crippen molar-refractivity contribution in [2.24, 2.45) is 5.92 Å². The first-order valence-corrected chi connectivity index (χ1v) is 12.7. The molecule has 214 valence electrons. The van der Waals surface area contributed by atoms with Crippen LogP contribution in [-0.2, 0) is 25.2 Å². The fraction of sp³-hybridized carbons (Fsp3) is 0.640. The van der Waals surface area contributed by atoms with Crippen molar-refractivity contribution in [3.05, 3.63) is 28.8 Å². The number of carboxylic acids is 1. The van der Waals surface area contributed by atoms with Gasteiger partial charge in [0.25, 0.3) is 0 Å². The summed E-state index contributed by atoms with van der Waals surface area (Å²) in [6.07, 6.45) is -4.36. The van der Waals surface area contributed by atoms with Gasteiger partial charge in [0.1, 0.15) is 11.6 Å². The van der Waals surface area contributed by atoms with E-state index in [-0.39, 0.29) is 49.8 Å². The number of benzene rings is 1. The van der Waals surface area contributed by atoms with E-state index in [1.807, 2.05) is 0 Å². The van der Waals surface area contributed by atoms with Crippen LogP contribution in [0.2, 0.25) is 5.02 Å². The Morgan fingerprint density at radius 1 is 1.21 bits per heavy atom. The van der Waals surface area contributed by atoms with Crippen LogP contribution in [0.5, 0.6) is 0 Å². The third-order valence-corrected chi connectivity index (χ3v) is 6.01. The standard InChI is InChI=1S/C25H35ClF3N3O6/c1-5-37-22(35)19(31-17-12-15(25(27,28)29)11-16(26)13-17)7-6-9-30-20-14-32(10-8-18(20)21(33)34)23(36)38-24(2,3)4/h11-13,18-20,30-31H,5-10,14H2,1-4H3,(H,33,34)/t18?,19?,20-/m0/s1. The molecule has 38 heavy (non-hydrogen) atoms. The number of alkyl halides is 3. The van der Waals surface area contributed by atoms with Gasteiger partial charge in [0.05, 0.1) is 18.1 Å². The Morgan fingerprint density at radius 2 is 1.89 bits per heavy atom. The molecule has 2 rings (SSSR count). The molecule has 1 fully saturated rings. The number of anilines is 1. The molecule has 3 N–H and O–H groups in total. The Morgan fingerprint density at radius 3 is 2.47 bits per heavy atom. The van der Waals surface area contributed by atoms with E-state index in [9.17, 15) is 32.7 Å². The van der Waals surface area contributed by atoms with Crippen LogP contribution in [0.15, 0.2) is 18.2 Å². The maximum atomic E-state index is 13.2. The Hall–Kier alpha value is -2.73. The van der Waals surface area contributed by atoms with Crippen molar-refractivity contribution < 1.29 is 42.1 Å². The van der Waals surface area contributed by atoms with Gasteiger partial charge in [0.15, 0.2) is 0 Å². The summed E-state index contributed by atoms with van der Waals surface area (Å²) in [4.78, 5) is 38.2. The van der Waals surface area contributed by atoms with Crippen molar-refractivity contribution in [2.45, 2.75) is 70.8 Å². The highest BCUT2D eigenvalue weighted by atomic mass is 35.5. The lowest BCUT2D eigenvalue weighted by Crippen LogP contribution is -2.55. The molecule has 1 aliphatic rings. The molecule has 0 aliphatic carbocycles. The average Bonchev–Trinajstić information content (AvgIpc) is 2.78. The summed E-state index contributed by atoms with van der Waals surface area (Å²) >= 11 is 5.85. The minimum absolute atomic E-state index is 0.0158. The lowest BCUT2D eigenvalue weighted by Gasteiger charge is -2.37. The number of piperidine rings is 1. The van der Waals surface area contributed by atoms with Gasteiger partial charge in [-0.05, 0) is 71.7 Å². The number of hydrogen-bond donors (Lipinski definition) is 3. The van der Waals surface area contributed by atoms with Gasteiger partial charge in [-0.25, -0.2) is 9.59 Å². The fourth-order valence-corrected chi connectivity index (χ4v) is 4.31. The van der Waals surface area contributed by atoms with E-state index in [1.165, 1.54) is 11.0 Å². The first-order valence-electron chi connectivity index (χ1n) is 12.4. The number of nitrogens with one attached hydrogen (secondary N) is 2. The van der Waals surface area contributed by atoms with Crippen molar-refractivity contribution in [2.75, 3.05) is 31.6 Å². The second-order valence-corrected chi connectivity index (χ2v) is 10.5. The minimum Gasteiger partial charge on any atom is -0.481 e. The summed E-state index contributed by atoms with van der Waals surface area (Å²) in [5.41, 5.74) is -1.63. The molecule has 1 amide bonds. The van der Waals surface area contributed by atoms with Gasteiger partial charge in [-0.1, -0.05) is 11.6 Å². The highest BCUT2D eigenvalue weighted by molar-refractivity contribution is 6.31. The van der Waals surface area contributed by atoms with Gasteiger partial charge in [0, 0.05) is 29.8 Å². The topological polar surface area (TPSA) is 117 Å². The van der Waals surface area contributed by atoms with Gasteiger partial charge < -0.3 is 30.1 Å². The molecule has 1 aromatic carbocycles. The molecular formula is C25H35ClF3N3O6. The number of ether oxygens (including phenoxy) is 2. The van der Waals surface area contributed by atoms with Crippen LogP contribution in [0.4, 0.5) is 23.7 Å². The van der Waals surface area contributed by atoms with E-state index in [4.69, 9.17) is 21.1 Å². The van der Waals surface area contributed by atoms with Crippen molar-refractivity contribution in [1.29, 1.82) is 0 Å². The van der Waals surface area contributed by atoms with E-state index in [0.717, 1.165) is 12.1 Å². The van der Waals surface area contributed by atoms with Crippen molar-refractivity contribution in [3.63, 3.8) is 0 Å². The maximum absolute atomic E-state index is 13.2. The van der Waals surface area contributed by atoms with Crippen LogP contribution in [0.3, 0.4) is 0 Å². The molecule has 1 heterocycles. The van der Waals surface area contributed by atoms with E-state index in [0.29, 0.717) is 6.42 Å². The molecule has 0 bridgehead atoms. The van der Waals surface area contributed by atoms with Gasteiger partial charge in [-0.2, -0.15) is 13.2 Å². The number of esters is 1. The van der Waals surface area contributed by atoms with E-state index in [1.54, 1.807) is 27.7 Å². The molecular weight excluding hydrogens is 531 g/mol. The summed E-state index contributed by atoms with van der Waals surface area (Å²) in [6.45, 7) is 7.60. The molecule has 3 atom stereocenters. The molecule has 0 aromatic heterocycles. The van der Waals surface area contributed by atoms with Crippen LogP contribution in [0.1, 0.15) is 52.5 Å². The quantitative estimate of drug-likeness (QED) is 0.274. The number of nitrogens with zero attached hydrogens (tertiary/aromatic N) is 1. The second-order valence-electron chi connectivity index (χ2n) is 10.0. The first-order chi connectivity index (χ1) is 17.6. The zero-order valence-corrected chi connectivity index (χ0v) is 22.6. The number of carbonyl (C=O) groups is 3. The van der Waals surface area contributed by atoms with Crippen molar-refractivity contribution in [1.82, 2.24) is 10.2 Å². The third-order valence-electron chi connectivity index (χ3n) is 5.79. The average molecular weight is 566 g/mol. The summed E-state index contributed by atoms with van der Waals surface area (Å²) in [7, 11) is 0. The molecule has 1 aromatic rings. The van der Waals surface area contributed by atoms with Gasteiger partial charge >= 0.3 is 24.2 Å². The molecule has 9 nitrogen and oxygen atoms in total. The largest absolute Gasteiger partial charge is 0.481 e.